The second-order valence-corrected chi connectivity index (χ2v) is 6.39. The summed E-state index contributed by atoms with van der Waals surface area (Å²) in [5, 5.41) is 3.55. The lowest BCUT2D eigenvalue weighted by atomic mass is 10.2. The van der Waals surface area contributed by atoms with Gasteiger partial charge in [-0.1, -0.05) is 17.7 Å². The number of anilines is 2. The van der Waals surface area contributed by atoms with Crippen LogP contribution in [0, 0.1) is 5.82 Å². The summed E-state index contributed by atoms with van der Waals surface area (Å²) in [6.45, 7) is 3.98. The highest BCUT2D eigenvalue weighted by Gasteiger charge is 2.22. The van der Waals surface area contributed by atoms with Crippen LogP contribution in [0.5, 0.6) is 0 Å². The Hall–Kier alpha value is -2.11. The summed E-state index contributed by atoms with van der Waals surface area (Å²) in [4.78, 5) is 15.6. The highest BCUT2D eigenvalue weighted by Crippen LogP contribution is 2.19. The van der Waals surface area contributed by atoms with E-state index in [0.29, 0.717) is 12.2 Å². The monoisotopic (exact) mass is 348 g/mol. The average Bonchev–Trinajstić information content (AvgIpc) is 2.58. The quantitative estimate of drug-likeness (QED) is 0.884. The van der Waals surface area contributed by atoms with Crippen LogP contribution in [-0.4, -0.2) is 38.6 Å². The van der Waals surface area contributed by atoms with Crippen LogP contribution < -0.4 is 15.1 Å². The molecule has 3 rings (SSSR count). The molecule has 1 amide bonds. The van der Waals surface area contributed by atoms with Gasteiger partial charge in [0.2, 0.25) is 0 Å². The number of quaternary nitrogens is 1. The molecule has 0 radical (unpaired) electrons. The Balaban J connectivity index is 1.48. The van der Waals surface area contributed by atoms with E-state index in [-0.39, 0.29) is 11.7 Å². The first-order valence-corrected chi connectivity index (χ1v) is 8.37. The highest BCUT2D eigenvalue weighted by atomic mass is 35.5. The SMILES string of the molecule is O=C(C[NH+]1CCN(c2cccc(Cl)c2)CC1)Nc1ccc(F)cc1. The molecular formula is C18H20ClFN3O+. The topological polar surface area (TPSA) is 36.8 Å². The van der Waals surface area contributed by atoms with Crippen LogP contribution in [0.25, 0.3) is 0 Å². The number of piperazine rings is 1. The van der Waals surface area contributed by atoms with Crippen molar-refractivity contribution >= 4 is 28.9 Å². The van der Waals surface area contributed by atoms with E-state index in [1.54, 1.807) is 12.1 Å². The van der Waals surface area contributed by atoms with Crippen molar-refractivity contribution in [2.75, 3.05) is 42.9 Å². The van der Waals surface area contributed by atoms with Crippen molar-refractivity contribution in [2.24, 2.45) is 0 Å². The van der Waals surface area contributed by atoms with Crippen molar-refractivity contribution in [1.82, 2.24) is 0 Å². The van der Waals surface area contributed by atoms with Gasteiger partial charge in [0.25, 0.3) is 5.91 Å². The Labute approximate surface area is 145 Å². The number of hydrogen-bond acceptors (Lipinski definition) is 2. The molecule has 0 bridgehead atoms. The van der Waals surface area contributed by atoms with Gasteiger partial charge in [0.1, 0.15) is 5.82 Å². The molecule has 1 fully saturated rings. The number of carbonyl (C=O) groups is 1. The molecule has 0 unspecified atom stereocenters. The molecule has 1 heterocycles. The molecule has 0 spiro atoms. The van der Waals surface area contributed by atoms with E-state index < -0.39 is 0 Å². The fourth-order valence-electron chi connectivity index (χ4n) is 2.90. The lowest BCUT2D eigenvalue weighted by Crippen LogP contribution is -3.15. The van der Waals surface area contributed by atoms with Crippen LogP contribution >= 0.6 is 11.6 Å². The van der Waals surface area contributed by atoms with E-state index in [9.17, 15) is 9.18 Å². The number of hydrogen-bond donors (Lipinski definition) is 2. The Morgan fingerprint density at radius 3 is 2.54 bits per heavy atom. The summed E-state index contributed by atoms with van der Waals surface area (Å²) in [6, 6.07) is 13.7. The summed E-state index contributed by atoms with van der Waals surface area (Å²) >= 11 is 6.04. The number of amides is 1. The van der Waals surface area contributed by atoms with Gasteiger partial charge >= 0.3 is 0 Å². The molecule has 4 nitrogen and oxygen atoms in total. The Kier molecular flexibility index (Phi) is 5.33. The van der Waals surface area contributed by atoms with E-state index >= 15 is 0 Å². The number of rotatable bonds is 4. The minimum Gasteiger partial charge on any atom is -0.360 e. The summed E-state index contributed by atoms with van der Waals surface area (Å²) < 4.78 is 12.9. The fourth-order valence-corrected chi connectivity index (χ4v) is 3.08. The van der Waals surface area contributed by atoms with Crippen molar-refractivity contribution < 1.29 is 14.1 Å². The maximum absolute atomic E-state index is 12.9. The molecule has 2 aromatic rings. The van der Waals surface area contributed by atoms with Crippen molar-refractivity contribution in [3.8, 4) is 0 Å². The van der Waals surface area contributed by atoms with Crippen LogP contribution in [0.15, 0.2) is 48.5 Å². The molecule has 2 N–H and O–H groups in total. The van der Waals surface area contributed by atoms with Gasteiger partial charge in [-0.3, -0.25) is 4.79 Å². The van der Waals surface area contributed by atoms with Gasteiger partial charge in [0, 0.05) is 16.4 Å². The van der Waals surface area contributed by atoms with Gasteiger partial charge < -0.3 is 15.1 Å². The third-order valence-corrected chi connectivity index (χ3v) is 4.42. The lowest BCUT2D eigenvalue weighted by molar-refractivity contribution is -0.892. The van der Waals surface area contributed by atoms with Crippen LogP contribution in [0.2, 0.25) is 5.02 Å². The Morgan fingerprint density at radius 2 is 1.88 bits per heavy atom. The number of nitrogens with one attached hydrogen (secondary N) is 2. The van der Waals surface area contributed by atoms with Crippen LogP contribution in [0.1, 0.15) is 0 Å². The average molecular weight is 349 g/mol. The van der Waals surface area contributed by atoms with Gasteiger partial charge in [0.15, 0.2) is 6.54 Å². The van der Waals surface area contributed by atoms with E-state index in [4.69, 9.17) is 11.6 Å². The molecule has 1 saturated heterocycles. The minimum atomic E-state index is -0.309. The van der Waals surface area contributed by atoms with E-state index in [0.717, 1.165) is 36.9 Å². The molecule has 126 valence electrons. The van der Waals surface area contributed by atoms with Crippen molar-refractivity contribution in [3.05, 3.63) is 59.4 Å². The van der Waals surface area contributed by atoms with Gasteiger partial charge in [-0.2, -0.15) is 0 Å². The summed E-state index contributed by atoms with van der Waals surface area (Å²) in [5.41, 5.74) is 1.75. The minimum absolute atomic E-state index is 0.0483. The van der Waals surface area contributed by atoms with Crippen molar-refractivity contribution in [2.45, 2.75) is 0 Å². The van der Waals surface area contributed by atoms with Crippen molar-refractivity contribution in [3.63, 3.8) is 0 Å². The number of benzene rings is 2. The smallest absolute Gasteiger partial charge is 0.279 e. The van der Waals surface area contributed by atoms with E-state index in [2.05, 4.69) is 16.3 Å². The zero-order valence-electron chi connectivity index (χ0n) is 13.3. The molecule has 1 aliphatic heterocycles. The zero-order valence-corrected chi connectivity index (χ0v) is 14.0. The van der Waals surface area contributed by atoms with Gasteiger partial charge in [-0.05, 0) is 42.5 Å². The highest BCUT2D eigenvalue weighted by molar-refractivity contribution is 6.30. The number of halogens is 2. The van der Waals surface area contributed by atoms with Gasteiger partial charge in [0.05, 0.1) is 26.2 Å². The molecule has 0 aromatic heterocycles. The molecular weight excluding hydrogens is 329 g/mol. The maximum Gasteiger partial charge on any atom is 0.279 e. The van der Waals surface area contributed by atoms with Gasteiger partial charge in [-0.15, -0.1) is 0 Å². The normalized spacial score (nSPS) is 15.3. The molecule has 6 heteroatoms. The second kappa shape index (κ2) is 7.64. The fraction of sp³-hybridized carbons (Fsp3) is 0.278. The predicted molar refractivity (Wildman–Crippen MR) is 94.3 cm³/mol. The first kappa shape index (κ1) is 16.7. The molecule has 24 heavy (non-hydrogen) atoms. The zero-order chi connectivity index (χ0) is 16.9. The predicted octanol–water partition coefficient (Wildman–Crippen LogP) is 1.82. The second-order valence-electron chi connectivity index (χ2n) is 5.95. The van der Waals surface area contributed by atoms with Crippen LogP contribution in [0.3, 0.4) is 0 Å². The number of carbonyl (C=O) groups excluding carboxylic acids is 1. The van der Waals surface area contributed by atoms with Crippen LogP contribution in [-0.2, 0) is 4.79 Å². The Bertz CT molecular complexity index is 700. The molecule has 0 atom stereocenters. The molecule has 1 aliphatic rings. The maximum atomic E-state index is 12.9. The first-order valence-electron chi connectivity index (χ1n) is 8.00. The summed E-state index contributed by atoms with van der Waals surface area (Å²) in [6.07, 6.45) is 0. The summed E-state index contributed by atoms with van der Waals surface area (Å²) in [5.74, 6) is -0.358. The lowest BCUT2D eigenvalue weighted by Gasteiger charge is -2.33. The largest absolute Gasteiger partial charge is 0.360 e. The van der Waals surface area contributed by atoms with E-state index in [1.165, 1.54) is 17.0 Å². The third-order valence-electron chi connectivity index (χ3n) is 4.18. The Morgan fingerprint density at radius 1 is 1.17 bits per heavy atom. The standard InChI is InChI=1S/C18H19ClFN3O/c19-14-2-1-3-17(12-14)23-10-8-22(9-11-23)13-18(24)21-16-6-4-15(20)5-7-16/h1-7,12H,8-11,13H2,(H,21,24)/p+1. The van der Waals surface area contributed by atoms with Crippen molar-refractivity contribution in [1.29, 1.82) is 0 Å². The van der Waals surface area contributed by atoms with Crippen LogP contribution in [0.4, 0.5) is 15.8 Å². The first-order chi connectivity index (χ1) is 11.6. The summed E-state index contributed by atoms with van der Waals surface area (Å²) in [7, 11) is 0. The molecule has 2 aromatic carbocycles. The third kappa shape index (κ3) is 4.46. The van der Waals surface area contributed by atoms with Gasteiger partial charge in [-0.25, -0.2) is 4.39 Å². The molecule has 0 saturated carbocycles. The number of nitrogens with zero attached hydrogens (tertiary/aromatic N) is 1. The van der Waals surface area contributed by atoms with E-state index in [1.807, 2.05) is 18.2 Å². The molecule has 0 aliphatic carbocycles.